The first-order valence-corrected chi connectivity index (χ1v) is 9.46. The minimum absolute atomic E-state index is 0.00806. The van der Waals surface area contributed by atoms with Gasteiger partial charge < -0.3 is 15.0 Å². The van der Waals surface area contributed by atoms with E-state index >= 15 is 0 Å². The summed E-state index contributed by atoms with van der Waals surface area (Å²) in [6, 6.07) is 12.5. The second-order valence-electron chi connectivity index (χ2n) is 6.43. The lowest BCUT2D eigenvalue weighted by molar-refractivity contribution is -0.133. The number of nitrogens with zero attached hydrogens (tertiary/aromatic N) is 1. The van der Waals surface area contributed by atoms with Gasteiger partial charge in [0.1, 0.15) is 12.4 Å². The molecular formula is C19H22N2O2S. The zero-order chi connectivity index (χ0) is 16.4. The van der Waals surface area contributed by atoms with Crippen molar-refractivity contribution in [3.63, 3.8) is 0 Å². The van der Waals surface area contributed by atoms with E-state index in [1.165, 1.54) is 23.3 Å². The van der Waals surface area contributed by atoms with Crippen molar-refractivity contribution in [1.29, 1.82) is 0 Å². The average molecular weight is 342 g/mol. The zero-order valence-corrected chi connectivity index (χ0v) is 14.4. The van der Waals surface area contributed by atoms with E-state index in [1.54, 1.807) is 11.3 Å². The average Bonchev–Trinajstić information content (AvgIpc) is 3.33. The van der Waals surface area contributed by atoms with Crippen molar-refractivity contribution in [1.82, 2.24) is 10.2 Å². The van der Waals surface area contributed by atoms with Gasteiger partial charge in [0.05, 0.1) is 12.6 Å². The van der Waals surface area contributed by atoms with Crippen molar-refractivity contribution in [2.75, 3.05) is 19.7 Å². The fraction of sp³-hybridized carbons (Fsp3) is 0.421. The van der Waals surface area contributed by atoms with E-state index in [1.807, 2.05) is 35.2 Å². The molecule has 24 heavy (non-hydrogen) atoms. The molecule has 1 N–H and O–H groups in total. The number of nitrogens with one attached hydrogen (secondary N) is 1. The van der Waals surface area contributed by atoms with Crippen LogP contribution in [0, 0.1) is 0 Å². The van der Waals surface area contributed by atoms with Gasteiger partial charge in [0.15, 0.2) is 0 Å². The van der Waals surface area contributed by atoms with Crippen LogP contribution in [-0.2, 0) is 11.2 Å². The van der Waals surface area contributed by atoms with Gasteiger partial charge in [0.25, 0.3) is 0 Å². The van der Waals surface area contributed by atoms with Gasteiger partial charge in [0, 0.05) is 17.5 Å². The first-order valence-electron chi connectivity index (χ1n) is 8.58. The van der Waals surface area contributed by atoms with Gasteiger partial charge in [-0.3, -0.25) is 4.79 Å². The standard InChI is InChI=1S/C19H22N2O2S/c22-19(12-20-14-6-7-14)21-10-8-18-16(9-11-24-18)17(21)13-23-15-4-2-1-3-5-15/h1-5,9,11,14,17,20H,6-8,10,12-13H2. The molecule has 4 nitrogen and oxygen atoms in total. The molecule has 1 atom stereocenters. The van der Waals surface area contributed by atoms with E-state index in [0.29, 0.717) is 19.2 Å². The fourth-order valence-electron chi connectivity index (χ4n) is 3.19. The molecule has 1 aliphatic carbocycles. The van der Waals surface area contributed by atoms with Crippen LogP contribution in [0.4, 0.5) is 0 Å². The number of hydrogen-bond donors (Lipinski definition) is 1. The van der Waals surface area contributed by atoms with E-state index in [4.69, 9.17) is 4.74 Å². The third-order valence-corrected chi connectivity index (χ3v) is 5.68. The number of para-hydroxylation sites is 1. The van der Waals surface area contributed by atoms with Gasteiger partial charge in [0.2, 0.25) is 5.91 Å². The molecule has 1 aromatic carbocycles. The number of carbonyl (C=O) groups is 1. The number of benzene rings is 1. The Morgan fingerprint density at radius 3 is 2.88 bits per heavy atom. The highest BCUT2D eigenvalue weighted by Gasteiger charge is 2.32. The molecule has 5 heteroatoms. The first kappa shape index (κ1) is 15.7. The van der Waals surface area contributed by atoms with Crippen molar-refractivity contribution in [3.05, 3.63) is 52.2 Å². The Balaban J connectivity index is 1.48. The molecule has 0 spiro atoms. The highest BCUT2D eigenvalue weighted by Crippen LogP contribution is 2.34. The minimum Gasteiger partial charge on any atom is -0.491 e. The summed E-state index contributed by atoms with van der Waals surface area (Å²) in [6.07, 6.45) is 3.34. The highest BCUT2D eigenvalue weighted by atomic mass is 32.1. The monoisotopic (exact) mass is 342 g/mol. The topological polar surface area (TPSA) is 41.6 Å². The molecule has 2 aliphatic rings. The quantitative estimate of drug-likeness (QED) is 0.877. The Morgan fingerprint density at radius 2 is 2.08 bits per heavy atom. The summed E-state index contributed by atoms with van der Waals surface area (Å²) < 4.78 is 5.98. The third-order valence-electron chi connectivity index (χ3n) is 4.69. The lowest BCUT2D eigenvalue weighted by Gasteiger charge is -2.36. The number of fused-ring (bicyclic) bond motifs is 1. The summed E-state index contributed by atoms with van der Waals surface area (Å²) in [7, 11) is 0. The smallest absolute Gasteiger partial charge is 0.237 e. The summed E-state index contributed by atoms with van der Waals surface area (Å²) in [5.41, 5.74) is 1.25. The van der Waals surface area contributed by atoms with Gasteiger partial charge in [-0.15, -0.1) is 11.3 Å². The van der Waals surface area contributed by atoms with Gasteiger partial charge in [-0.2, -0.15) is 0 Å². The van der Waals surface area contributed by atoms with Crippen LogP contribution in [0.5, 0.6) is 5.75 Å². The Bertz CT molecular complexity index is 696. The molecule has 1 fully saturated rings. The predicted molar refractivity (Wildman–Crippen MR) is 95.4 cm³/mol. The van der Waals surface area contributed by atoms with Crippen LogP contribution < -0.4 is 10.1 Å². The van der Waals surface area contributed by atoms with Crippen LogP contribution in [0.2, 0.25) is 0 Å². The molecule has 1 aliphatic heterocycles. The maximum absolute atomic E-state index is 12.7. The number of ether oxygens (including phenoxy) is 1. The van der Waals surface area contributed by atoms with Crippen LogP contribution in [0.25, 0.3) is 0 Å². The molecule has 126 valence electrons. The van der Waals surface area contributed by atoms with Crippen molar-refractivity contribution >= 4 is 17.2 Å². The molecule has 1 amide bonds. The summed E-state index contributed by atoms with van der Waals surface area (Å²) >= 11 is 1.78. The van der Waals surface area contributed by atoms with Crippen molar-refractivity contribution in [2.24, 2.45) is 0 Å². The van der Waals surface area contributed by atoms with E-state index in [0.717, 1.165) is 18.7 Å². The number of rotatable bonds is 6. The lowest BCUT2D eigenvalue weighted by Crippen LogP contribution is -2.46. The summed E-state index contributed by atoms with van der Waals surface area (Å²) in [4.78, 5) is 16.1. The van der Waals surface area contributed by atoms with Gasteiger partial charge in [-0.1, -0.05) is 18.2 Å². The number of thiophene rings is 1. The van der Waals surface area contributed by atoms with Crippen molar-refractivity contribution in [2.45, 2.75) is 31.3 Å². The molecule has 0 bridgehead atoms. The summed E-state index contributed by atoms with van der Waals surface area (Å²) in [5, 5.41) is 5.46. The molecule has 1 unspecified atom stereocenters. The lowest BCUT2D eigenvalue weighted by atomic mass is 10.0. The van der Waals surface area contributed by atoms with Crippen molar-refractivity contribution < 1.29 is 9.53 Å². The van der Waals surface area contributed by atoms with Crippen LogP contribution in [0.3, 0.4) is 0 Å². The minimum atomic E-state index is 0.00806. The van der Waals surface area contributed by atoms with Crippen LogP contribution in [0.15, 0.2) is 41.8 Å². The molecule has 4 rings (SSSR count). The zero-order valence-electron chi connectivity index (χ0n) is 13.6. The third kappa shape index (κ3) is 3.47. The Labute approximate surface area is 146 Å². The molecule has 2 heterocycles. The second kappa shape index (κ2) is 6.95. The SMILES string of the molecule is O=C(CNC1CC1)N1CCc2sccc2C1COc1ccccc1. The van der Waals surface area contributed by atoms with Gasteiger partial charge >= 0.3 is 0 Å². The maximum atomic E-state index is 12.7. The van der Waals surface area contributed by atoms with E-state index in [2.05, 4.69) is 16.8 Å². The van der Waals surface area contributed by atoms with Crippen molar-refractivity contribution in [3.8, 4) is 5.75 Å². The Kier molecular flexibility index (Phi) is 4.54. The Morgan fingerprint density at radius 1 is 1.25 bits per heavy atom. The molecule has 1 aromatic heterocycles. The predicted octanol–water partition coefficient (Wildman–Crippen LogP) is 3.00. The largest absolute Gasteiger partial charge is 0.491 e. The van der Waals surface area contributed by atoms with E-state index in [9.17, 15) is 4.79 Å². The Hall–Kier alpha value is -1.85. The summed E-state index contributed by atoms with van der Waals surface area (Å²) in [6.45, 7) is 1.72. The van der Waals surface area contributed by atoms with Crippen LogP contribution in [0.1, 0.15) is 29.3 Å². The molecule has 0 radical (unpaired) electrons. The van der Waals surface area contributed by atoms with Gasteiger partial charge in [-0.05, 0) is 48.4 Å². The van der Waals surface area contributed by atoms with E-state index in [-0.39, 0.29) is 11.9 Å². The summed E-state index contributed by atoms with van der Waals surface area (Å²) in [5.74, 6) is 1.03. The van der Waals surface area contributed by atoms with Gasteiger partial charge in [-0.25, -0.2) is 0 Å². The number of amides is 1. The molecule has 0 saturated heterocycles. The normalized spacial score (nSPS) is 19.8. The molecule has 1 saturated carbocycles. The van der Waals surface area contributed by atoms with Crippen LogP contribution in [-0.4, -0.2) is 36.5 Å². The fourth-order valence-corrected chi connectivity index (χ4v) is 4.12. The number of hydrogen-bond acceptors (Lipinski definition) is 4. The van der Waals surface area contributed by atoms with Crippen LogP contribution >= 0.6 is 11.3 Å². The second-order valence-corrected chi connectivity index (χ2v) is 7.43. The first-order chi connectivity index (χ1) is 11.8. The number of carbonyl (C=O) groups excluding carboxylic acids is 1. The molecule has 2 aromatic rings. The van der Waals surface area contributed by atoms with E-state index < -0.39 is 0 Å². The maximum Gasteiger partial charge on any atom is 0.237 e. The molecular weight excluding hydrogens is 320 g/mol. The highest BCUT2D eigenvalue weighted by molar-refractivity contribution is 7.10.